The fraction of sp³-hybridized carbons (Fsp3) is 0.700. The molecule has 2 heterocycles. The first kappa shape index (κ1) is 9.68. The van der Waals surface area contributed by atoms with Crippen LogP contribution in [0, 0.1) is 0 Å². The van der Waals surface area contributed by atoms with E-state index >= 15 is 0 Å². The maximum absolute atomic E-state index is 10.3. The molecule has 2 rings (SSSR count). The lowest BCUT2D eigenvalue weighted by atomic mass is 9.95. The highest BCUT2D eigenvalue weighted by Gasteiger charge is 2.27. The Kier molecular flexibility index (Phi) is 2.84. The fourth-order valence-corrected chi connectivity index (χ4v) is 1.99. The van der Waals surface area contributed by atoms with Gasteiger partial charge in [-0.1, -0.05) is 0 Å². The number of nitrogens with zero attached hydrogens (tertiary/aromatic N) is 2. The maximum Gasteiger partial charge on any atom is 0.0946 e. The summed E-state index contributed by atoms with van der Waals surface area (Å²) < 4.78 is 1.95. The highest BCUT2D eigenvalue weighted by molar-refractivity contribution is 4.86. The van der Waals surface area contributed by atoms with E-state index in [9.17, 15) is 5.11 Å². The average molecular weight is 195 g/mol. The van der Waals surface area contributed by atoms with Gasteiger partial charge in [-0.3, -0.25) is 0 Å². The molecule has 4 heteroatoms. The summed E-state index contributed by atoms with van der Waals surface area (Å²) in [7, 11) is 0. The molecule has 4 nitrogen and oxygen atoms in total. The van der Waals surface area contributed by atoms with Gasteiger partial charge < -0.3 is 15.0 Å². The van der Waals surface area contributed by atoms with Crippen molar-refractivity contribution in [2.45, 2.75) is 31.4 Å². The summed E-state index contributed by atoms with van der Waals surface area (Å²) in [6.07, 6.45) is 8.15. The molecule has 1 aromatic rings. The molecular formula is C10H17N3O. The van der Waals surface area contributed by atoms with Crippen molar-refractivity contribution in [3.8, 4) is 0 Å². The van der Waals surface area contributed by atoms with Gasteiger partial charge in [0, 0.05) is 12.4 Å². The molecule has 1 aliphatic heterocycles. The predicted molar refractivity (Wildman–Crippen MR) is 53.9 cm³/mol. The zero-order valence-electron chi connectivity index (χ0n) is 8.32. The Morgan fingerprint density at radius 3 is 3.14 bits per heavy atom. The lowest BCUT2D eigenvalue weighted by Gasteiger charge is -2.26. The molecule has 1 unspecified atom stereocenters. The summed E-state index contributed by atoms with van der Waals surface area (Å²) in [6, 6.07) is 0. The highest BCUT2D eigenvalue weighted by Crippen LogP contribution is 2.21. The van der Waals surface area contributed by atoms with Crippen molar-refractivity contribution in [1.29, 1.82) is 0 Å². The number of imidazole rings is 1. The first-order chi connectivity index (χ1) is 6.79. The van der Waals surface area contributed by atoms with Gasteiger partial charge in [0.05, 0.1) is 18.5 Å². The van der Waals surface area contributed by atoms with Crippen molar-refractivity contribution >= 4 is 0 Å². The SMILES string of the molecule is OC1(Cn2ccnc2)CCCNCC1. The lowest BCUT2D eigenvalue weighted by Crippen LogP contribution is -2.34. The van der Waals surface area contributed by atoms with Crippen molar-refractivity contribution in [1.82, 2.24) is 14.9 Å². The van der Waals surface area contributed by atoms with Crippen LogP contribution in [0.15, 0.2) is 18.7 Å². The molecule has 0 aromatic carbocycles. The van der Waals surface area contributed by atoms with Crippen LogP contribution in [0.1, 0.15) is 19.3 Å². The topological polar surface area (TPSA) is 50.1 Å². The second-order valence-electron chi connectivity index (χ2n) is 4.06. The van der Waals surface area contributed by atoms with Crippen LogP contribution in [0.3, 0.4) is 0 Å². The third kappa shape index (κ3) is 2.33. The number of aromatic nitrogens is 2. The minimum atomic E-state index is -0.551. The van der Waals surface area contributed by atoms with Crippen LogP contribution in [-0.4, -0.2) is 33.3 Å². The Hall–Kier alpha value is -0.870. The molecule has 0 amide bonds. The van der Waals surface area contributed by atoms with Gasteiger partial charge in [0.15, 0.2) is 0 Å². The van der Waals surface area contributed by atoms with Crippen molar-refractivity contribution in [3.05, 3.63) is 18.7 Å². The Morgan fingerprint density at radius 2 is 2.36 bits per heavy atom. The van der Waals surface area contributed by atoms with E-state index in [1.807, 2.05) is 10.8 Å². The van der Waals surface area contributed by atoms with E-state index in [-0.39, 0.29) is 0 Å². The normalized spacial score (nSPS) is 28.6. The summed E-state index contributed by atoms with van der Waals surface area (Å²) in [4.78, 5) is 3.98. The van der Waals surface area contributed by atoms with Gasteiger partial charge in [0.1, 0.15) is 0 Å². The van der Waals surface area contributed by atoms with Gasteiger partial charge in [0.25, 0.3) is 0 Å². The van der Waals surface area contributed by atoms with Crippen LogP contribution in [0.5, 0.6) is 0 Å². The van der Waals surface area contributed by atoms with Gasteiger partial charge in [0.2, 0.25) is 0 Å². The number of aliphatic hydroxyl groups is 1. The number of hydrogen-bond acceptors (Lipinski definition) is 3. The Balaban J connectivity index is 1.99. The van der Waals surface area contributed by atoms with Crippen LogP contribution in [0.4, 0.5) is 0 Å². The minimum absolute atomic E-state index is 0.551. The molecular weight excluding hydrogens is 178 g/mol. The molecule has 1 fully saturated rings. The van der Waals surface area contributed by atoms with Crippen molar-refractivity contribution in [2.75, 3.05) is 13.1 Å². The third-order valence-electron chi connectivity index (χ3n) is 2.80. The van der Waals surface area contributed by atoms with E-state index in [1.54, 1.807) is 12.5 Å². The second kappa shape index (κ2) is 4.11. The van der Waals surface area contributed by atoms with E-state index in [4.69, 9.17) is 0 Å². The monoisotopic (exact) mass is 195 g/mol. The van der Waals surface area contributed by atoms with Crippen molar-refractivity contribution < 1.29 is 5.11 Å². The van der Waals surface area contributed by atoms with Crippen molar-refractivity contribution in [3.63, 3.8) is 0 Å². The molecule has 78 valence electrons. The number of nitrogens with one attached hydrogen (secondary N) is 1. The average Bonchev–Trinajstić information content (AvgIpc) is 2.55. The van der Waals surface area contributed by atoms with Gasteiger partial charge >= 0.3 is 0 Å². The third-order valence-corrected chi connectivity index (χ3v) is 2.80. The summed E-state index contributed by atoms with van der Waals surface area (Å²) in [5, 5.41) is 13.6. The van der Waals surface area contributed by atoms with Crippen LogP contribution in [-0.2, 0) is 6.54 Å². The molecule has 0 radical (unpaired) electrons. The smallest absolute Gasteiger partial charge is 0.0946 e. The van der Waals surface area contributed by atoms with Gasteiger partial charge in [-0.05, 0) is 32.4 Å². The molecule has 0 aliphatic carbocycles. The Bertz CT molecular complexity index is 263. The van der Waals surface area contributed by atoms with Crippen LogP contribution >= 0.6 is 0 Å². The standard InChI is InChI=1S/C10H17N3O/c14-10(2-1-4-11-5-3-10)8-13-7-6-12-9-13/h6-7,9,11,14H,1-5,8H2. The van der Waals surface area contributed by atoms with E-state index in [0.29, 0.717) is 6.54 Å². The van der Waals surface area contributed by atoms with E-state index in [2.05, 4.69) is 10.3 Å². The van der Waals surface area contributed by atoms with Gasteiger partial charge in [-0.15, -0.1) is 0 Å². The molecule has 0 bridgehead atoms. The zero-order valence-corrected chi connectivity index (χ0v) is 8.32. The zero-order chi connectivity index (χ0) is 9.86. The fourth-order valence-electron chi connectivity index (χ4n) is 1.99. The Labute approximate surface area is 84.0 Å². The van der Waals surface area contributed by atoms with E-state index in [0.717, 1.165) is 32.4 Å². The van der Waals surface area contributed by atoms with Gasteiger partial charge in [-0.2, -0.15) is 0 Å². The maximum atomic E-state index is 10.3. The summed E-state index contributed by atoms with van der Waals surface area (Å²) in [5.41, 5.74) is -0.551. The first-order valence-electron chi connectivity index (χ1n) is 5.17. The van der Waals surface area contributed by atoms with Gasteiger partial charge in [-0.25, -0.2) is 4.98 Å². The highest BCUT2D eigenvalue weighted by atomic mass is 16.3. The number of hydrogen-bond donors (Lipinski definition) is 2. The summed E-state index contributed by atoms with van der Waals surface area (Å²) in [5.74, 6) is 0. The quantitative estimate of drug-likeness (QED) is 0.717. The Morgan fingerprint density at radius 1 is 1.43 bits per heavy atom. The lowest BCUT2D eigenvalue weighted by molar-refractivity contribution is 0.0111. The molecule has 1 aromatic heterocycles. The molecule has 14 heavy (non-hydrogen) atoms. The van der Waals surface area contributed by atoms with Crippen molar-refractivity contribution in [2.24, 2.45) is 0 Å². The molecule has 2 N–H and O–H groups in total. The second-order valence-corrected chi connectivity index (χ2v) is 4.06. The van der Waals surface area contributed by atoms with Crippen LogP contribution in [0.2, 0.25) is 0 Å². The van der Waals surface area contributed by atoms with Crippen LogP contribution in [0.25, 0.3) is 0 Å². The van der Waals surface area contributed by atoms with E-state index in [1.165, 1.54) is 0 Å². The minimum Gasteiger partial charge on any atom is -0.388 e. The number of rotatable bonds is 2. The molecule has 1 saturated heterocycles. The molecule has 0 spiro atoms. The molecule has 1 atom stereocenters. The largest absolute Gasteiger partial charge is 0.388 e. The first-order valence-corrected chi connectivity index (χ1v) is 5.17. The van der Waals surface area contributed by atoms with E-state index < -0.39 is 5.60 Å². The summed E-state index contributed by atoms with van der Waals surface area (Å²) >= 11 is 0. The predicted octanol–water partition coefficient (Wildman–Crippen LogP) is 0.388. The molecule has 0 saturated carbocycles. The van der Waals surface area contributed by atoms with Crippen LogP contribution < -0.4 is 5.32 Å². The molecule has 1 aliphatic rings. The summed E-state index contributed by atoms with van der Waals surface area (Å²) in [6.45, 7) is 2.59.